The van der Waals surface area contributed by atoms with Crippen LogP contribution in [0.1, 0.15) is 28.9 Å². The highest BCUT2D eigenvalue weighted by atomic mass is 16.4. The van der Waals surface area contributed by atoms with Gasteiger partial charge in [0.15, 0.2) is 0 Å². The number of anilines is 1. The maximum atomic E-state index is 11.0. The molecule has 1 aromatic heterocycles. The van der Waals surface area contributed by atoms with E-state index in [0.29, 0.717) is 5.69 Å². The van der Waals surface area contributed by atoms with Crippen molar-refractivity contribution in [3.8, 4) is 0 Å². The van der Waals surface area contributed by atoms with E-state index in [9.17, 15) is 4.79 Å². The van der Waals surface area contributed by atoms with Crippen LogP contribution < -0.4 is 15.5 Å². The molecule has 0 atom stereocenters. The monoisotopic (exact) mass is 276 g/mol. The lowest BCUT2D eigenvalue weighted by atomic mass is 9.88. The fourth-order valence-electron chi connectivity index (χ4n) is 3.08. The van der Waals surface area contributed by atoms with Crippen LogP contribution in [0.5, 0.6) is 0 Å². The van der Waals surface area contributed by atoms with Crippen molar-refractivity contribution >= 4 is 11.8 Å². The molecular formula is C14H20N4O2. The second kappa shape index (κ2) is 5.03. The summed E-state index contributed by atoms with van der Waals surface area (Å²) in [7, 11) is 0. The van der Waals surface area contributed by atoms with Gasteiger partial charge >= 0.3 is 5.97 Å². The van der Waals surface area contributed by atoms with Crippen LogP contribution >= 0.6 is 0 Å². The Kier molecular flexibility index (Phi) is 3.35. The highest BCUT2D eigenvalue weighted by molar-refractivity contribution is 5.89. The molecule has 6 heteroatoms. The zero-order valence-electron chi connectivity index (χ0n) is 11.6. The third-order valence-corrected chi connectivity index (χ3v) is 4.40. The first-order chi connectivity index (χ1) is 9.60. The topological polar surface area (TPSA) is 77.5 Å². The molecule has 3 heterocycles. The van der Waals surface area contributed by atoms with Crippen molar-refractivity contribution in [3.63, 3.8) is 0 Å². The Balaban J connectivity index is 1.72. The lowest BCUT2D eigenvalue weighted by Gasteiger charge is -2.39. The number of pyridine rings is 1. The molecule has 0 aromatic carbocycles. The fourth-order valence-corrected chi connectivity index (χ4v) is 3.08. The summed E-state index contributed by atoms with van der Waals surface area (Å²) in [5.41, 5.74) is 1.10. The van der Waals surface area contributed by atoms with E-state index in [2.05, 4.69) is 20.5 Å². The number of carboxylic acids is 1. The second-order valence-electron chi connectivity index (χ2n) is 5.66. The summed E-state index contributed by atoms with van der Waals surface area (Å²) >= 11 is 0. The lowest BCUT2D eigenvalue weighted by Crippen LogP contribution is -2.52. The minimum atomic E-state index is -0.916. The lowest BCUT2D eigenvalue weighted by molar-refractivity contribution is 0.0695. The first-order valence-electron chi connectivity index (χ1n) is 7.01. The standard InChI is InChI=1S/C14H20N4O2/c1-10-11(13(19)20)2-3-12(17-10)18-6-4-14(5-7-18)8-15-9-16-14/h2-3,15-16H,4-9H2,1H3,(H,19,20). The smallest absolute Gasteiger partial charge is 0.337 e. The molecule has 3 N–H and O–H groups in total. The molecule has 0 aliphatic carbocycles. The molecule has 2 saturated heterocycles. The van der Waals surface area contributed by atoms with Gasteiger partial charge in [-0.05, 0) is 31.9 Å². The summed E-state index contributed by atoms with van der Waals surface area (Å²) in [5, 5.41) is 15.9. The van der Waals surface area contributed by atoms with Gasteiger partial charge in [0.2, 0.25) is 0 Å². The normalized spacial score (nSPS) is 21.4. The SMILES string of the molecule is Cc1nc(N2CCC3(CC2)CNCN3)ccc1C(=O)O. The van der Waals surface area contributed by atoms with Gasteiger partial charge < -0.3 is 15.3 Å². The van der Waals surface area contributed by atoms with E-state index in [0.717, 1.165) is 45.0 Å². The maximum absolute atomic E-state index is 11.0. The van der Waals surface area contributed by atoms with E-state index in [1.54, 1.807) is 13.0 Å². The van der Waals surface area contributed by atoms with Crippen LogP contribution in [0.25, 0.3) is 0 Å². The van der Waals surface area contributed by atoms with Crippen molar-refractivity contribution in [3.05, 3.63) is 23.4 Å². The number of hydrogen-bond donors (Lipinski definition) is 3. The molecule has 20 heavy (non-hydrogen) atoms. The van der Waals surface area contributed by atoms with Gasteiger partial charge in [0, 0.05) is 31.8 Å². The average Bonchev–Trinajstić information content (AvgIpc) is 2.87. The van der Waals surface area contributed by atoms with Crippen LogP contribution in [0, 0.1) is 6.92 Å². The Morgan fingerprint density at radius 2 is 2.15 bits per heavy atom. The summed E-state index contributed by atoms with van der Waals surface area (Å²) < 4.78 is 0. The molecule has 108 valence electrons. The zero-order valence-corrected chi connectivity index (χ0v) is 11.6. The molecule has 2 aliphatic rings. The minimum absolute atomic E-state index is 0.243. The van der Waals surface area contributed by atoms with Crippen molar-refractivity contribution in [2.45, 2.75) is 25.3 Å². The van der Waals surface area contributed by atoms with Crippen molar-refractivity contribution in [1.82, 2.24) is 15.6 Å². The van der Waals surface area contributed by atoms with E-state index >= 15 is 0 Å². The van der Waals surface area contributed by atoms with Gasteiger partial charge in [-0.2, -0.15) is 0 Å². The Morgan fingerprint density at radius 1 is 1.40 bits per heavy atom. The summed E-state index contributed by atoms with van der Waals surface area (Å²) in [6, 6.07) is 3.47. The number of aromatic carboxylic acids is 1. The third-order valence-electron chi connectivity index (χ3n) is 4.40. The molecule has 2 fully saturated rings. The number of aryl methyl sites for hydroxylation is 1. The van der Waals surface area contributed by atoms with Crippen molar-refractivity contribution in [2.75, 3.05) is 31.2 Å². The van der Waals surface area contributed by atoms with Crippen LogP contribution in [0.15, 0.2) is 12.1 Å². The first kappa shape index (κ1) is 13.3. The Bertz CT molecular complexity index is 516. The average molecular weight is 276 g/mol. The van der Waals surface area contributed by atoms with Gasteiger partial charge in [0.1, 0.15) is 5.82 Å². The zero-order chi connectivity index (χ0) is 14.2. The Labute approximate surface area is 118 Å². The van der Waals surface area contributed by atoms with Crippen molar-refractivity contribution < 1.29 is 9.90 Å². The molecule has 0 saturated carbocycles. The predicted octanol–water partition coefficient (Wildman–Crippen LogP) is 0.578. The minimum Gasteiger partial charge on any atom is -0.478 e. The van der Waals surface area contributed by atoms with Crippen LogP contribution in [0.2, 0.25) is 0 Å². The summed E-state index contributed by atoms with van der Waals surface area (Å²) in [5.74, 6) is -0.0336. The molecule has 0 amide bonds. The summed E-state index contributed by atoms with van der Waals surface area (Å²) in [6.45, 7) is 5.58. The number of nitrogens with zero attached hydrogens (tertiary/aromatic N) is 2. The number of carboxylic acid groups (broad SMARTS) is 1. The number of hydrogen-bond acceptors (Lipinski definition) is 5. The number of carbonyl (C=O) groups is 1. The van der Waals surface area contributed by atoms with E-state index in [-0.39, 0.29) is 11.1 Å². The summed E-state index contributed by atoms with van der Waals surface area (Å²) in [4.78, 5) is 17.7. The van der Waals surface area contributed by atoms with E-state index < -0.39 is 5.97 Å². The number of rotatable bonds is 2. The van der Waals surface area contributed by atoms with Gasteiger partial charge in [-0.15, -0.1) is 0 Å². The van der Waals surface area contributed by atoms with Gasteiger partial charge in [0.25, 0.3) is 0 Å². The highest BCUT2D eigenvalue weighted by Gasteiger charge is 2.37. The Hall–Kier alpha value is -1.66. The van der Waals surface area contributed by atoms with E-state index in [1.165, 1.54) is 0 Å². The molecule has 2 aliphatic heterocycles. The predicted molar refractivity (Wildman–Crippen MR) is 76.1 cm³/mol. The molecule has 1 spiro atoms. The second-order valence-corrected chi connectivity index (χ2v) is 5.66. The maximum Gasteiger partial charge on any atom is 0.337 e. The van der Waals surface area contributed by atoms with Crippen LogP contribution in [0.4, 0.5) is 5.82 Å². The molecule has 0 unspecified atom stereocenters. The van der Waals surface area contributed by atoms with E-state index in [1.807, 2.05) is 6.07 Å². The van der Waals surface area contributed by atoms with Gasteiger partial charge in [-0.3, -0.25) is 5.32 Å². The first-order valence-corrected chi connectivity index (χ1v) is 7.01. The fraction of sp³-hybridized carbons (Fsp3) is 0.571. The molecule has 0 radical (unpaired) electrons. The van der Waals surface area contributed by atoms with Gasteiger partial charge in [-0.1, -0.05) is 0 Å². The highest BCUT2D eigenvalue weighted by Crippen LogP contribution is 2.27. The quantitative estimate of drug-likeness (QED) is 0.733. The van der Waals surface area contributed by atoms with Gasteiger partial charge in [0.05, 0.1) is 11.3 Å². The molecule has 1 aromatic rings. The number of nitrogens with one attached hydrogen (secondary N) is 2. The van der Waals surface area contributed by atoms with Crippen molar-refractivity contribution in [2.24, 2.45) is 0 Å². The van der Waals surface area contributed by atoms with Crippen LogP contribution in [0.3, 0.4) is 0 Å². The van der Waals surface area contributed by atoms with Crippen LogP contribution in [-0.4, -0.2) is 47.9 Å². The van der Waals surface area contributed by atoms with Crippen molar-refractivity contribution in [1.29, 1.82) is 0 Å². The summed E-state index contributed by atoms with van der Waals surface area (Å²) in [6.07, 6.45) is 2.17. The third kappa shape index (κ3) is 2.36. The Morgan fingerprint density at radius 3 is 2.70 bits per heavy atom. The van der Waals surface area contributed by atoms with Crippen LogP contribution in [-0.2, 0) is 0 Å². The van der Waals surface area contributed by atoms with Gasteiger partial charge in [-0.25, -0.2) is 9.78 Å². The molecule has 6 nitrogen and oxygen atoms in total. The molecule has 0 bridgehead atoms. The number of aromatic nitrogens is 1. The van der Waals surface area contributed by atoms with E-state index in [4.69, 9.17) is 5.11 Å². The molecule has 3 rings (SSSR count). The largest absolute Gasteiger partial charge is 0.478 e. The molecular weight excluding hydrogens is 256 g/mol. The number of piperidine rings is 1.